The number of aromatic nitrogens is 5. The molecular formula is C17H15N5OS. The Hall–Kier alpha value is -2.80. The van der Waals surface area contributed by atoms with Crippen LogP contribution in [-0.4, -0.2) is 34.6 Å². The van der Waals surface area contributed by atoms with Gasteiger partial charge in [0.1, 0.15) is 12.0 Å². The standard InChI is InChI=1S/C17H15N5OS/c1-24(23)17-20-18-12-21(17)11-14-16(13-7-3-2-4-8-13)19-15-9-5-6-10-22(14)15/h2-10,12H,11H2,1H3/t24-/m1/s1. The second-order valence-electron chi connectivity index (χ2n) is 5.40. The maximum Gasteiger partial charge on any atom is 0.221 e. The molecule has 0 unspecified atom stereocenters. The van der Waals surface area contributed by atoms with Crippen LogP contribution >= 0.6 is 0 Å². The van der Waals surface area contributed by atoms with Gasteiger partial charge in [0.2, 0.25) is 5.16 Å². The minimum Gasteiger partial charge on any atom is -0.302 e. The van der Waals surface area contributed by atoms with Crippen LogP contribution in [0.1, 0.15) is 5.69 Å². The average Bonchev–Trinajstić information content (AvgIpc) is 3.21. The number of hydrogen-bond donors (Lipinski definition) is 0. The van der Waals surface area contributed by atoms with Crippen molar-refractivity contribution in [2.75, 3.05) is 6.26 Å². The van der Waals surface area contributed by atoms with Crippen molar-refractivity contribution in [3.8, 4) is 11.3 Å². The van der Waals surface area contributed by atoms with Crippen molar-refractivity contribution in [2.24, 2.45) is 0 Å². The van der Waals surface area contributed by atoms with Crippen molar-refractivity contribution in [3.63, 3.8) is 0 Å². The van der Waals surface area contributed by atoms with Gasteiger partial charge in [-0.1, -0.05) is 36.4 Å². The van der Waals surface area contributed by atoms with Crippen LogP contribution in [0.5, 0.6) is 0 Å². The Morgan fingerprint density at radius 3 is 2.67 bits per heavy atom. The third kappa shape index (κ3) is 2.52. The summed E-state index contributed by atoms with van der Waals surface area (Å²) in [4.78, 5) is 4.77. The molecule has 7 heteroatoms. The van der Waals surface area contributed by atoms with E-state index in [2.05, 4.69) is 10.2 Å². The molecule has 3 aromatic heterocycles. The van der Waals surface area contributed by atoms with Crippen LogP contribution in [0, 0.1) is 0 Å². The molecule has 24 heavy (non-hydrogen) atoms. The van der Waals surface area contributed by atoms with Crippen molar-refractivity contribution >= 4 is 16.4 Å². The van der Waals surface area contributed by atoms with E-state index in [-0.39, 0.29) is 0 Å². The number of hydrogen-bond acceptors (Lipinski definition) is 4. The molecule has 0 saturated heterocycles. The van der Waals surface area contributed by atoms with Gasteiger partial charge in [-0.2, -0.15) is 0 Å². The van der Waals surface area contributed by atoms with Crippen molar-refractivity contribution < 1.29 is 4.21 Å². The maximum atomic E-state index is 11.8. The van der Waals surface area contributed by atoms with Crippen molar-refractivity contribution in [1.82, 2.24) is 24.1 Å². The lowest BCUT2D eigenvalue weighted by atomic mass is 10.1. The summed E-state index contributed by atoms with van der Waals surface area (Å²) in [5, 5.41) is 8.32. The first-order chi connectivity index (χ1) is 11.7. The summed E-state index contributed by atoms with van der Waals surface area (Å²) in [6.07, 6.45) is 5.19. The van der Waals surface area contributed by atoms with Gasteiger partial charge in [0.25, 0.3) is 0 Å². The largest absolute Gasteiger partial charge is 0.302 e. The Bertz CT molecular complexity index is 1020. The van der Waals surface area contributed by atoms with Crippen LogP contribution in [0.3, 0.4) is 0 Å². The zero-order valence-corrected chi connectivity index (χ0v) is 13.8. The minimum absolute atomic E-state index is 0.458. The third-order valence-corrected chi connectivity index (χ3v) is 4.66. The zero-order valence-electron chi connectivity index (χ0n) is 13.0. The van der Waals surface area contributed by atoms with E-state index < -0.39 is 10.8 Å². The number of rotatable bonds is 4. The molecule has 4 aromatic rings. The Kier molecular flexibility index (Phi) is 3.70. The fourth-order valence-electron chi connectivity index (χ4n) is 2.76. The molecule has 0 aliphatic carbocycles. The third-order valence-electron chi connectivity index (χ3n) is 3.83. The van der Waals surface area contributed by atoms with E-state index in [1.54, 1.807) is 17.2 Å². The Labute approximate surface area is 141 Å². The minimum atomic E-state index is -1.20. The van der Waals surface area contributed by atoms with E-state index in [4.69, 9.17) is 4.98 Å². The van der Waals surface area contributed by atoms with Crippen molar-refractivity contribution in [3.05, 3.63) is 66.7 Å². The van der Waals surface area contributed by atoms with E-state index in [1.807, 2.05) is 59.1 Å². The molecule has 0 bridgehead atoms. The lowest BCUT2D eigenvalue weighted by Gasteiger charge is -2.08. The smallest absolute Gasteiger partial charge is 0.221 e. The predicted octanol–water partition coefficient (Wildman–Crippen LogP) is 2.38. The van der Waals surface area contributed by atoms with Crippen LogP contribution in [0.25, 0.3) is 16.9 Å². The van der Waals surface area contributed by atoms with E-state index in [0.717, 1.165) is 22.6 Å². The van der Waals surface area contributed by atoms with Crippen molar-refractivity contribution in [1.29, 1.82) is 0 Å². The van der Waals surface area contributed by atoms with Gasteiger partial charge in [-0.05, 0) is 12.1 Å². The van der Waals surface area contributed by atoms with Gasteiger partial charge in [-0.3, -0.25) is 4.21 Å². The quantitative estimate of drug-likeness (QED) is 0.573. The molecular weight excluding hydrogens is 322 g/mol. The molecule has 1 aromatic carbocycles. The van der Waals surface area contributed by atoms with Crippen LogP contribution in [0.15, 0.2) is 66.2 Å². The fraction of sp³-hybridized carbons (Fsp3) is 0.118. The second-order valence-corrected chi connectivity index (χ2v) is 6.67. The summed E-state index contributed by atoms with van der Waals surface area (Å²) >= 11 is 0. The summed E-state index contributed by atoms with van der Waals surface area (Å²) in [6, 6.07) is 16.0. The molecule has 4 rings (SSSR count). The van der Waals surface area contributed by atoms with E-state index >= 15 is 0 Å². The van der Waals surface area contributed by atoms with Crippen LogP contribution in [0.2, 0.25) is 0 Å². The van der Waals surface area contributed by atoms with Crippen LogP contribution in [-0.2, 0) is 17.3 Å². The zero-order chi connectivity index (χ0) is 16.5. The van der Waals surface area contributed by atoms with Crippen molar-refractivity contribution in [2.45, 2.75) is 11.7 Å². The molecule has 1 atom stereocenters. The second kappa shape index (κ2) is 6.01. The highest BCUT2D eigenvalue weighted by atomic mass is 32.2. The van der Waals surface area contributed by atoms with E-state index in [1.165, 1.54) is 0 Å². The van der Waals surface area contributed by atoms with Gasteiger partial charge < -0.3 is 8.97 Å². The number of benzene rings is 1. The highest BCUT2D eigenvalue weighted by molar-refractivity contribution is 7.84. The van der Waals surface area contributed by atoms with Crippen LogP contribution < -0.4 is 0 Å². The fourth-order valence-corrected chi connectivity index (χ4v) is 3.37. The van der Waals surface area contributed by atoms with Gasteiger partial charge in [0, 0.05) is 18.0 Å². The lowest BCUT2D eigenvalue weighted by Crippen LogP contribution is -2.08. The topological polar surface area (TPSA) is 65.1 Å². The summed E-state index contributed by atoms with van der Waals surface area (Å²) in [7, 11) is -1.20. The average molecular weight is 337 g/mol. The SMILES string of the molecule is C[S@@](=O)c1nncn1Cc1c(-c2ccccc2)nc2ccccn12. The molecule has 3 heterocycles. The molecule has 0 spiro atoms. The molecule has 0 saturated carbocycles. The van der Waals surface area contributed by atoms with E-state index in [9.17, 15) is 4.21 Å². The van der Waals surface area contributed by atoms with Gasteiger partial charge in [-0.15, -0.1) is 10.2 Å². The van der Waals surface area contributed by atoms with E-state index in [0.29, 0.717) is 11.7 Å². The molecule has 0 aliphatic rings. The molecule has 120 valence electrons. The summed E-state index contributed by atoms with van der Waals surface area (Å²) in [5.41, 5.74) is 3.83. The molecule has 0 N–H and O–H groups in total. The first-order valence-corrected chi connectivity index (χ1v) is 9.02. The van der Waals surface area contributed by atoms with Gasteiger partial charge in [-0.25, -0.2) is 4.98 Å². The van der Waals surface area contributed by atoms with Gasteiger partial charge in [0.05, 0.1) is 28.7 Å². The summed E-state index contributed by atoms with van der Waals surface area (Å²) in [5.74, 6) is 0. The lowest BCUT2D eigenvalue weighted by molar-refractivity contribution is 0.647. The van der Waals surface area contributed by atoms with Crippen LogP contribution in [0.4, 0.5) is 0 Å². The number of nitrogens with zero attached hydrogens (tertiary/aromatic N) is 5. The number of pyridine rings is 1. The Morgan fingerprint density at radius 2 is 1.88 bits per heavy atom. The Morgan fingerprint density at radius 1 is 1.08 bits per heavy atom. The molecule has 0 radical (unpaired) electrons. The Balaban J connectivity index is 1.90. The predicted molar refractivity (Wildman–Crippen MR) is 92.1 cm³/mol. The van der Waals surface area contributed by atoms with Gasteiger partial charge in [0.15, 0.2) is 0 Å². The highest BCUT2D eigenvalue weighted by Crippen LogP contribution is 2.25. The first-order valence-electron chi connectivity index (χ1n) is 7.46. The molecule has 6 nitrogen and oxygen atoms in total. The normalized spacial score (nSPS) is 12.5. The summed E-state index contributed by atoms with van der Waals surface area (Å²) < 4.78 is 15.7. The maximum absolute atomic E-state index is 11.8. The molecule has 0 amide bonds. The van der Waals surface area contributed by atoms with Gasteiger partial charge >= 0.3 is 0 Å². The monoisotopic (exact) mass is 337 g/mol. The molecule has 0 fully saturated rings. The number of fused-ring (bicyclic) bond motifs is 1. The highest BCUT2D eigenvalue weighted by Gasteiger charge is 2.16. The number of imidazole rings is 1. The summed E-state index contributed by atoms with van der Waals surface area (Å²) in [6.45, 7) is 0.497. The molecule has 0 aliphatic heterocycles. The first kappa shape index (κ1) is 14.8.